The van der Waals surface area contributed by atoms with E-state index in [-0.39, 0.29) is 7.05 Å². The Kier molecular flexibility index (Phi) is 2.84. The molecule has 0 radical (unpaired) electrons. The standard InChI is InChI=1S/C14H14BNO/c1-3-7-13(8-4-1)15-16(11-12-17-15)14-9-5-2-6-10-14/h1-10H,11-12H2. The molecule has 1 aliphatic rings. The Balaban J connectivity index is 1.91. The Labute approximate surface area is 102 Å². The van der Waals surface area contributed by atoms with E-state index in [1.807, 2.05) is 12.1 Å². The number of anilines is 1. The summed E-state index contributed by atoms with van der Waals surface area (Å²) in [6.07, 6.45) is 0. The molecule has 0 N–H and O–H groups in total. The Morgan fingerprint density at radius 2 is 1.53 bits per heavy atom. The van der Waals surface area contributed by atoms with Gasteiger partial charge in [0.25, 0.3) is 0 Å². The average Bonchev–Trinajstić information content (AvgIpc) is 2.90. The van der Waals surface area contributed by atoms with Crippen molar-refractivity contribution in [3.05, 3.63) is 60.7 Å². The van der Waals surface area contributed by atoms with E-state index in [9.17, 15) is 0 Å². The third-order valence-corrected chi connectivity index (χ3v) is 3.06. The highest BCUT2D eigenvalue weighted by atomic mass is 16.5. The van der Waals surface area contributed by atoms with Crippen molar-refractivity contribution in [3.8, 4) is 0 Å². The van der Waals surface area contributed by atoms with E-state index < -0.39 is 0 Å². The monoisotopic (exact) mass is 223 g/mol. The van der Waals surface area contributed by atoms with Gasteiger partial charge in [0.15, 0.2) is 0 Å². The summed E-state index contributed by atoms with van der Waals surface area (Å²) in [6, 6.07) is 20.8. The van der Waals surface area contributed by atoms with Gasteiger partial charge < -0.3 is 9.47 Å². The smallest absolute Gasteiger partial charge is 0.411 e. The summed E-state index contributed by atoms with van der Waals surface area (Å²) in [5.41, 5.74) is 2.44. The second-order valence-corrected chi connectivity index (χ2v) is 4.16. The summed E-state index contributed by atoms with van der Waals surface area (Å²) in [7, 11) is 0.0543. The third kappa shape index (κ3) is 2.06. The number of para-hydroxylation sites is 1. The lowest BCUT2D eigenvalue weighted by molar-refractivity contribution is 0.377. The van der Waals surface area contributed by atoms with Crippen molar-refractivity contribution in [2.75, 3.05) is 18.0 Å². The zero-order valence-corrected chi connectivity index (χ0v) is 9.62. The van der Waals surface area contributed by atoms with Crippen LogP contribution in [0.2, 0.25) is 0 Å². The van der Waals surface area contributed by atoms with Crippen molar-refractivity contribution >= 4 is 18.2 Å². The average molecular weight is 223 g/mol. The molecule has 84 valence electrons. The highest BCUT2D eigenvalue weighted by Gasteiger charge is 2.32. The van der Waals surface area contributed by atoms with Gasteiger partial charge in [-0.1, -0.05) is 48.5 Å². The Bertz CT molecular complexity index is 429. The number of nitrogens with zero attached hydrogens (tertiary/aromatic N) is 1. The van der Waals surface area contributed by atoms with Crippen molar-refractivity contribution in [1.29, 1.82) is 0 Å². The van der Waals surface area contributed by atoms with Crippen molar-refractivity contribution in [2.24, 2.45) is 0 Å². The van der Waals surface area contributed by atoms with Gasteiger partial charge in [0.05, 0.1) is 0 Å². The van der Waals surface area contributed by atoms with Crippen LogP contribution in [0.5, 0.6) is 0 Å². The van der Waals surface area contributed by atoms with Gasteiger partial charge in [-0.25, -0.2) is 0 Å². The lowest BCUT2D eigenvalue weighted by Gasteiger charge is -2.22. The first kappa shape index (κ1) is 10.4. The van der Waals surface area contributed by atoms with E-state index in [0.717, 1.165) is 13.2 Å². The van der Waals surface area contributed by atoms with Gasteiger partial charge in [0.1, 0.15) is 0 Å². The normalized spacial score (nSPS) is 15.3. The van der Waals surface area contributed by atoms with Gasteiger partial charge >= 0.3 is 7.05 Å². The number of hydrogen-bond donors (Lipinski definition) is 0. The lowest BCUT2D eigenvalue weighted by atomic mass is 9.72. The number of rotatable bonds is 2. The molecule has 0 bridgehead atoms. The third-order valence-electron chi connectivity index (χ3n) is 3.06. The summed E-state index contributed by atoms with van der Waals surface area (Å²) in [6.45, 7) is 1.73. The molecule has 0 atom stereocenters. The molecule has 0 aromatic heterocycles. The van der Waals surface area contributed by atoms with Crippen LogP contribution < -0.4 is 10.3 Å². The molecule has 0 amide bonds. The molecule has 0 spiro atoms. The molecule has 2 aromatic carbocycles. The van der Waals surface area contributed by atoms with Crippen LogP contribution in [0.15, 0.2) is 60.7 Å². The van der Waals surface area contributed by atoms with Gasteiger partial charge in [-0.05, 0) is 17.6 Å². The Morgan fingerprint density at radius 3 is 2.24 bits per heavy atom. The van der Waals surface area contributed by atoms with Crippen LogP contribution in [0, 0.1) is 0 Å². The molecule has 1 heterocycles. The molecule has 17 heavy (non-hydrogen) atoms. The summed E-state index contributed by atoms with van der Waals surface area (Å²) in [5.74, 6) is 0. The SMILES string of the molecule is c1ccc(B2OCCN2c2ccccc2)cc1. The van der Waals surface area contributed by atoms with Crippen molar-refractivity contribution in [1.82, 2.24) is 0 Å². The fourth-order valence-electron chi connectivity index (χ4n) is 2.25. The van der Waals surface area contributed by atoms with Crippen molar-refractivity contribution in [3.63, 3.8) is 0 Å². The summed E-state index contributed by atoms with van der Waals surface area (Å²) >= 11 is 0. The first-order valence-corrected chi connectivity index (χ1v) is 5.93. The van der Waals surface area contributed by atoms with E-state index in [2.05, 4.69) is 53.3 Å². The predicted octanol–water partition coefficient (Wildman–Crippen LogP) is 1.92. The second kappa shape index (κ2) is 4.64. The molecule has 3 rings (SSSR count). The first-order chi connectivity index (χ1) is 8.45. The lowest BCUT2D eigenvalue weighted by Crippen LogP contribution is -2.45. The fourth-order valence-corrected chi connectivity index (χ4v) is 2.25. The van der Waals surface area contributed by atoms with Crippen LogP contribution in [0.4, 0.5) is 5.69 Å². The quantitative estimate of drug-likeness (QED) is 0.721. The van der Waals surface area contributed by atoms with Crippen molar-refractivity contribution < 1.29 is 4.65 Å². The molecular formula is C14H14BNO. The first-order valence-electron chi connectivity index (χ1n) is 5.93. The van der Waals surface area contributed by atoms with E-state index in [1.54, 1.807) is 0 Å². The van der Waals surface area contributed by atoms with Gasteiger partial charge in [-0.3, -0.25) is 0 Å². The molecule has 2 aromatic rings. The maximum Gasteiger partial charge on any atom is 0.452 e. The zero-order valence-electron chi connectivity index (χ0n) is 9.62. The molecule has 0 unspecified atom stereocenters. The van der Waals surface area contributed by atoms with E-state index in [0.29, 0.717) is 0 Å². The largest absolute Gasteiger partial charge is 0.452 e. The molecule has 1 fully saturated rings. The highest BCUT2D eigenvalue weighted by Crippen LogP contribution is 2.18. The maximum absolute atomic E-state index is 5.83. The Morgan fingerprint density at radius 1 is 0.882 bits per heavy atom. The Hall–Kier alpha value is -1.74. The van der Waals surface area contributed by atoms with E-state index in [1.165, 1.54) is 11.2 Å². The minimum Gasteiger partial charge on any atom is -0.411 e. The van der Waals surface area contributed by atoms with E-state index in [4.69, 9.17) is 4.65 Å². The van der Waals surface area contributed by atoms with Crippen LogP contribution in [0.25, 0.3) is 0 Å². The molecular weight excluding hydrogens is 209 g/mol. The summed E-state index contributed by atoms with van der Waals surface area (Å²) in [5, 5.41) is 0. The molecule has 1 aliphatic heterocycles. The van der Waals surface area contributed by atoms with Crippen LogP contribution >= 0.6 is 0 Å². The topological polar surface area (TPSA) is 12.5 Å². The molecule has 3 heteroatoms. The molecule has 0 saturated carbocycles. The van der Waals surface area contributed by atoms with Gasteiger partial charge in [-0.2, -0.15) is 0 Å². The van der Waals surface area contributed by atoms with Crippen LogP contribution in [-0.4, -0.2) is 20.2 Å². The number of hydrogen-bond acceptors (Lipinski definition) is 2. The minimum absolute atomic E-state index is 0.0543. The predicted molar refractivity (Wildman–Crippen MR) is 71.6 cm³/mol. The number of benzene rings is 2. The fraction of sp³-hybridized carbons (Fsp3) is 0.143. The summed E-state index contributed by atoms with van der Waals surface area (Å²) < 4.78 is 5.83. The van der Waals surface area contributed by atoms with Crippen LogP contribution in [0.3, 0.4) is 0 Å². The molecule has 2 nitrogen and oxygen atoms in total. The van der Waals surface area contributed by atoms with Crippen LogP contribution in [0.1, 0.15) is 0 Å². The highest BCUT2D eigenvalue weighted by molar-refractivity contribution is 6.71. The summed E-state index contributed by atoms with van der Waals surface area (Å²) in [4.78, 5) is 2.30. The van der Waals surface area contributed by atoms with Crippen LogP contribution in [-0.2, 0) is 4.65 Å². The minimum atomic E-state index is 0.0543. The van der Waals surface area contributed by atoms with Gasteiger partial charge in [0.2, 0.25) is 0 Å². The van der Waals surface area contributed by atoms with Crippen molar-refractivity contribution in [2.45, 2.75) is 0 Å². The molecule has 0 aliphatic carbocycles. The van der Waals surface area contributed by atoms with Gasteiger partial charge in [-0.15, -0.1) is 0 Å². The molecule has 1 saturated heterocycles. The second-order valence-electron chi connectivity index (χ2n) is 4.16. The zero-order chi connectivity index (χ0) is 11.5. The van der Waals surface area contributed by atoms with E-state index >= 15 is 0 Å². The van der Waals surface area contributed by atoms with Gasteiger partial charge in [0, 0.05) is 18.8 Å². The maximum atomic E-state index is 5.83.